The number of piperidine rings is 1. The van der Waals surface area contributed by atoms with E-state index in [1.54, 1.807) is 0 Å². The molecule has 2 saturated heterocycles. The minimum atomic E-state index is -0.142. The number of halogens is 1. The highest BCUT2D eigenvalue weighted by atomic mass is 79.9. The number of nitrogens with zero attached hydrogens (tertiary/aromatic N) is 1. The molecule has 0 amide bonds. The minimum Gasteiger partial charge on any atom is -0.393 e. The highest BCUT2D eigenvalue weighted by Gasteiger charge is 2.40. The molecule has 1 aromatic rings. The molecule has 2 unspecified atom stereocenters. The molecule has 2 atom stereocenters. The lowest BCUT2D eigenvalue weighted by molar-refractivity contribution is 0.112. The van der Waals surface area contributed by atoms with E-state index < -0.39 is 0 Å². The summed E-state index contributed by atoms with van der Waals surface area (Å²) >= 11 is 3.44. The van der Waals surface area contributed by atoms with Crippen LogP contribution in [0.4, 0.5) is 5.69 Å². The molecule has 3 nitrogen and oxygen atoms in total. The van der Waals surface area contributed by atoms with Gasteiger partial charge in [0.05, 0.1) is 6.10 Å². The summed E-state index contributed by atoms with van der Waals surface area (Å²) in [5.41, 5.74) is 1.84. The summed E-state index contributed by atoms with van der Waals surface area (Å²) in [6, 6.07) is 6.79. The largest absolute Gasteiger partial charge is 0.393 e. The van der Waals surface area contributed by atoms with Crippen LogP contribution in [-0.2, 0) is 0 Å². The smallest absolute Gasteiger partial charge is 0.151 e. The summed E-state index contributed by atoms with van der Waals surface area (Å²) in [6.07, 6.45) is 4.77. The molecule has 2 aliphatic rings. The van der Waals surface area contributed by atoms with Crippen LogP contribution in [0.25, 0.3) is 0 Å². The van der Waals surface area contributed by atoms with E-state index in [0.717, 1.165) is 42.1 Å². The Morgan fingerprint density at radius 3 is 2.50 bits per heavy atom. The van der Waals surface area contributed by atoms with E-state index in [9.17, 15) is 9.90 Å². The Labute approximate surface area is 115 Å². The first-order chi connectivity index (χ1) is 8.69. The number of carbonyl (C=O) groups excluding carboxylic acids is 1. The molecule has 4 heteroatoms. The van der Waals surface area contributed by atoms with Gasteiger partial charge in [0.15, 0.2) is 6.29 Å². The van der Waals surface area contributed by atoms with Gasteiger partial charge in [-0.25, -0.2) is 0 Å². The van der Waals surface area contributed by atoms with Crippen molar-refractivity contribution < 1.29 is 9.90 Å². The van der Waals surface area contributed by atoms with Crippen LogP contribution in [0.5, 0.6) is 0 Å². The molecule has 1 N–H and O–H groups in total. The van der Waals surface area contributed by atoms with Crippen LogP contribution in [0.15, 0.2) is 22.7 Å². The molecule has 2 heterocycles. The van der Waals surface area contributed by atoms with Crippen molar-refractivity contribution in [3.63, 3.8) is 0 Å². The van der Waals surface area contributed by atoms with E-state index in [4.69, 9.17) is 0 Å². The third-order valence-electron chi connectivity index (χ3n) is 4.12. The summed E-state index contributed by atoms with van der Waals surface area (Å²) in [4.78, 5) is 13.2. The van der Waals surface area contributed by atoms with Crippen molar-refractivity contribution in [3.05, 3.63) is 28.2 Å². The van der Waals surface area contributed by atoms with Crippen LogP contribution >= 0.6 is 15.9 Å². The molecule has 96 valence electrons. The summed E-state index contributed by atoms with van der Waals surface area (Å²) in [5.74, 6) is 0. The normalized spacial score (nSPS) is 30.6. The zero-order valence-corrected chi connectivity index (χ0v) is 11.6. The fourth-order valence-electron chi connectivity index (χ4n) is 3.34. The summed E-state index contributed by atoms with van der Waals surface area (Å²) < 4.78 is 0.848. The number of anilines is 1. The van der Waals surface area contributed by atoms with Gasteiger partial charge >= 0.3 is 0 Å². The predicted molar refractivity (Wildman–Crippen MR) is 74.1 cm³/mol. The number of carbonyl (C=O) groups is 1. The van der Waals surface area contributed by atoms with Crippen molar-refractivity contribution >= 4 is 27.9 Å². The van der Waals surface area contributed by atoms with E-state index in [2.05, 4.69) is 20.8 Å². The second-order valence-electron chi connectivity index (χ2n) is 5.24. The number of aldehydes is 1. The van der Waals surface area contributed by atoms with Gasteiger partial charge in [0, 0.05) is 27.8 Å². The third-order valence-corrected chi connectivity index (χ3v) is 4.80. The average Bonchev–Trinajstić information content (AvgIpc) is 2.61. The van der Waals surface area contributed by atoms with Crippen molar-refractivity contribution in [2.75, 3.05) is 4.90 Å². The standard InChI is InChI=1S/C14H16BrNO2/c15-14-7-12(2-1-9(14)8-17)16-10-3-4-11(16)6-13(18)5-10/h1-2,7-8,10-11,13,18H,3-6H2. The van der Waals surface area contributed by atoms with Gasteiger partial charge in [-0.3, -0.25) is 4.79 Å². The molecule has 1 aromatic carbocycles. The van der Waals surface area contributed by atoms with Crippen molar-refractivity contribution in [1.29, 1.82) is 0 Å². The molecule has 0 aliphatic carbocycles. The fourth-order valence-corrected chi connectivity index (χ4v) is 3.80. The van der Waals surface area contributed by atoms with Gasteiger partial charge in [-0.2, -0.15) is 0 Å². The molecule has 0 radical (unpaired) electrons. The second-order valence-corrected chi connectivity index (χ2v) is 6.10. The van der Waals surface area contributed by atoms with E-state index in [-0.39, 0.29) is 6.10 Å². The number of aliphatic hydroxyl groups is 1. The highest BCUT2D eigenvalue weighted by Crippen LogP contribution is 2.40. The van der Waals surface area contributed by atoms with Gasteiger partial charge in [-0.1, -0.05) is 0 Å². The number of benzene rings is 1. The van der Waals surface area contributed by atoms with Crippen LogP contribution in [0, 0.1) is 0 Å². The van der Waals surface area contributed by atoms with E-state index in [0.29, 0.717) is 17.6 Å². The molecule has 0 aromatic heterocycles. The van der Waals surface area contributed by atoms with E-state index >= 15 is 0 Å². The molecular formula is C14H16BrNO2. The summed E-state index contributed by atoms with van der Waals surface area (Å²) in [6.45, 7) is 0. The monoisotopic (exact) mass is 309 g/mol. The number of hydrogen-bond donors (Lipinski definition) is 1. The Hall–Kier alpha value is -0.870. The zero-order chi connectivity index (χ0) is 12.7. The Bertz CT molecular complexity index is 463. The van der Waals surface area contributed by atoms with Gasteiger partial charge in [0.1, 0.15) is 0 Å². The van der Waals surface area contributed by atoms with Crippen LogP contribution in [-0.4, -0.2) is 29.6 Å². The molecule has 2 bridgehead atoms. The summed E-state index contributed by atoms with van der Waals surface area (Å²) in [5, 5.41) is 9.81. The van der Waals surface area contributed by atoms with Gasteiger partial charge < -0.3 is 10.0 Å². The average molecular weight is 310 g/mol. The van der Waals surface area contributed by atoms with Crippen molar-refractivity contribution in [1.82, 2.24) is 0 Å². The molecule has 3 rings (SSSR count). The van der Waals surface area contributed by atoms with E-state index in [1.165, 1.54) is 0 Å². The van der Waals surface area contributed by atoms with Crippen LogP contribution in [0.3, 0.4) is 0 Å². The molecular weight excluding hydrogens is 294 g/mol. The van der Waals surface area contributed by atoms with Gasteiger partial charge in [0.25, 0.3) is 0 Å². The first-order valence-corrected chi connectivity index (χ1v) is 7.19. The molecule has 18 heavy (non-hydrogen) atoms. The van der Waals surface area contributed by atoms with Gasteiger partial charge in [0.2, 0.25) is 0 Å². The lowest BCUT2D eigenvalue weighted by Crippen LogP contribution is -2.44. The number of fused-ring (bicyclic) bond motifs is 2. The molecule has 0 spiro atoms. The maximum atomic E-state index is 10.8. The van der Waals surface area contributed by atoms with Crippen LogP contribution < -0.4 is 4.90 Å². The van der Waals surface area contributed by atoms with Crippen LogP contribution in [0.2, 0.25) is 0 Å². The Morgan fingerprint density at radius 2 is 1.94 bits per heavy atom. The van der Waals surface area contributed by atoms with Gasteiger partial charge in [-0.05, 0) is 59.8 Å². The van der Waals surface area contributed by atoms with Crippen molar-refractivity contribution in [2.24, 2.45) is 0 Å². The Morgan fingerprint density at radius 1 is 1.28 bits per heavy atom. The Kier molecular flexibility index (Phi) is 3.16. The predicted octanol–water partition coefficient (Wildman–Crippen LogP) is 2.75. The van der Waals surface area contributed by atoms with E-state index in [1.807, 2.05) is 18.2 Å². The molecule has 2 fully saturated rings. The topological polar surface area (TPSA) is 40.5 Å². The summed E-state index contributed by atoms with van der Waals surface area (Å²) in [7, 11) is 0. The lowest BCUT2D eigenvalue weighted by atomic mass is 9.99. The maximum absolute atomic E-state index is 10.8. The third kappa shape index (κ3) is 1.97. The fraction of sp³-hybridized carbons (Fsp3) is 0.500. The van der Waals surface area contributed by atoms with Crippen molar-refractivity contribution in [2.45, 2.75) is 43.9 Å². The SMILES string of the molecule is O=Cc1ccc(N2C3CCC2CC(O)C3)cc1Br. The zero-order valence-electron chi connectivity index (χ0n) is 10.1. The maximum Gasteiger partial charge on any atom is 0.151 e. The number of hydrogen-bond acceptors (Lipinski definition) is 3. The highest BCUT2D eigenvalue weighted by molar-refractivity contribution is 9.10. The first kappa shape index (κ1) is 12.2. The van der Waals surface area contributed by atoms with Crippen LogP contribution in [0.1, 0.15) is 36.0 Å². The van der Waals surface area contributed by atoms with Gasteiger partial charge in [-0.15, -0.1) is 0 Å². The quantitative estimate of drug-likeness (QED) is 0.854. The minimum absolute atomic E-state index is 0.142. The first-order valence-electron chi connectivity index (χ1n) is 6.40. The Balaban J connectivity index is 1.91. The molecule has 0 saturated carbocycles. The van der Waals surface area contributed by atoms with Crippen molar-refractivity contribution in [3.8, 4) is 0 Å². The second kappa shape index (κ2) is 4.67. The molecule has 2 aliphatic heterocycles. The number of rotatable bonds is 2. The lowest BCUT2D eigenvalue weighted by Gasteiger charge is -2.39. The number of aliphatic hydroxyl groups excluding tert-OH is 1.